The van der Waals surface area contributed by atoms with Gasteiger partial charge in [0.2, 0.25) is 0 Å². The standard InChI is InChI=1S/C29H40O8/c1-14-11-22(36-24(33)15(14)2)27(4)19-13-18(30)23-16-12-21(32)29(34)9-6-7-20(31)26(29,3)17(16)8-10-28(19,23)25(35-5)37-27/h6-7,16-19,21-23,25,30,32,34H,8-13H2,1-5H3/t16-,17+,18+,19-,21-,22-,23-,25+,26+,27-,28+,29+/m1/s1. The molecule has 8 nitrogen and oxygen atoms in total. The summed E-state index contributed by atoms with van der Waals surface area (Å²) in [5.74, 6) is -1.28. The number of methoxy groups -OCH3 is 1. The lowest BCUT2D eigenvalue weighted by Crippen LogP contribution is -2.70. The minimum atomic E-state index is -1.52. The van der Waals surface area contributed by atoms with Gasteiger partial charge in [0.05, 0.1) is 17.6 Å². The summed E-state index contributed by atoms with van der Waals surface area (Å²) in [4.78, 5) is 26.0. The molecule has 3 N–H and O–H groups in total. The summed E-state index contributed by atoms with van der Waals surface area (Å²) < 4.78 is 18.6. The van der Waals surface area contributed by atoms with Gasteiger partial charge in [-0.1, -0.05) is 11.6 Å². The van der Waals surface area contributed by atoms with E-state index >= 15 is 0 Å². The highest BCUT2D eigenvalue weighted by atomic mass is 16.7. The minimum Gasteiger partial charge on any atom is -0.456 e. The van der Waals surface area contributed by atoms with E-state index in [1.54, 1.807) is 33.1 Å². The number of hydrogen-bond donors (Lipinski definition) is 3. The van der Waals surface area contributed by atoms with Gasteiger partial charge in [-0.3, -0.25) is 4.79 Å². The first kappa shape index (κ1) is 25.7. The van der Waals surface area contributed by atoms with Crippen molar-refractivity contribution in [1.82, 2.24) is 0 Å². The van der Waals surface area contributed by atoms with Crippen LogP contribution in [0.2, 0.25) is 0 Å². The van der Waals surface area contributed by atoms with Gasteiger partial charge in [0, 0.05) is 30.4 Å². The smallest absolute Gasteiger partial charge is 0.334 e. The zero-order valence-corrected chi connectivity index (χ0v) is 22.4. The Morgan fingerprint density at radius 3 is 2.54 bits per heavy atom. The van der Waals surface area contributed by atoms with Gasteiger partial charge in [0.25, 0.3) is 0 Å². The predicted molar refractivity (Wildman–Crippen MR) is 132 cm³/mol. The van der Waals surface area contributed by atoms with Crippen molar-refractivity contribution in [3.63, 3.8) is 0 Å². The molecule has 0 bridgehead atoms. The lowest BCUT2D eigenvalue weighted by Gasteiger charge is -2.63. The Morgan fingerprint density at radius 2 is 1.86 bits per heavy atom. The molecular weight excluding hydrogens is 476 g/mol. The molecule has 3 saturated carbocycles. The van der Waals surface area contributed by atoms with Crippen LogP contribution in [0.1, 0.15) is 66.2 Å². The lowest BCUT2D eigenvalue weighted by atomic mass is 9.42. The summed E-state index contributed by atoms with van der Waals surface area (Å²) in [6.45, 7) is 7.51. The first-order valence-electron chi connectivity index (χ1n) is 13.7. The van der Waals surface area contributed by atoms with E-state index in [0.29, 0.717) is 37.7 Å². The molecule has 1 spiro atoms. The molecule has 2 heterocycles. The van der Waals surface area contributed by atoms with Crippen molar-refractivity contribution < 1.29 is 39.1 Å². The van der Waals surface area contributed by atoms with Crippen molar-refractivity contribution in [2.75, 3.05) is 7.11 Å². The van der Waals surface area contributed by atoms with E-state index in [4.69, 9.17) is 14.2 Å². The van der Waals surface area contributed by atoms with Gasteiger partial charge in [0.1, 0.15) is 17.3 Å². The lowest BCUT2D eigenvalue weighted by molar-refractivity contribution is -0.259. The van der Waals surface area contributed by atoms with Gasteiger partial charge in [-0.05, 0) is 83.6 Å². The molecule has 1 saturated heterocycles. The maximum atomic E-state index is 13.4. The summed E-state index contributed by atoms with van der Waals surface area (Å²) in [6, 6.07) is 0. The van der Waals surface area contributed by atoms with E-state index in [2.05, 4.69) is 0 Å². The second kappa shape index (κ2) is 7.98. The number of rotatable bonds is 2. The van der Waals surface area contributed by atoms with Gasteiger partial charge in [-0.15, -0.1) is 0 Å². The van der Waals surface area contributed by atoms with Gasteiger partial charge >= 0.3 is 5.97 Å². The second-order valence-electron chi connectivity index (χ2n) is 13.0. The number of aliphatic hydroxyl groups is 3. The molecule has 204 valence electrons. The zero-order chi connectivity index (χ0) is 26.7. The molecule has 4 fully saturated rings. The molecule has 0 radical (unpaired) electrons. The van der Waals surface area contributed by atoms with Crippen molar-refractivity contribution in [2.24, 2.45) is 34.5 Å². The number of fused-ring (bicyclic) bond motifs is 4. The zero-order valence-electron chi connectivity index (χ0n) is 22.4. The third-order valence-corrected chi connectivity index (χ3v) is 12.0. The fourth-order valence-electron chi connectivity index (χ4n) is 9.88. The highest BCUT2D eigenvalue weighted by Crippen LogP contribution is 2.73. The molecule has 37 heavy (non-hydrogen) atoms. The number of carbonyl (C=O) groups excluding carboxylic acids is 2. The number of allylic oxidation sites excluding steroid dienone is 1. The van der Waals surface area contributed by atoms with Crippen LogP contribution in [0, 0.1) is 34.5 Å². The quantitative estimate of drug-likeness (QED) is 0.479. The summed E-state index contributed by atoms with van der Waals surface area (Å²) in [7, 11) is 1.61. The van der Waals surface area contributed by atoms with Gasteiger partial charge in [-0.25, -0.2) is 4.79 Å². The average Bonchev–Trinajstić information content (AvgIpc) is 3.28. The van der Waals surface area contributed by atoms with Crippen LogP contribution in [0.4, 0.5) is 0 Å². The molecule has 8 heteroatoms. The topological polar surface area (TPSA) is 123 Å². The van der Waals surface area contributed by atoms with Crippen LogP contribution in [0.3, 0.4) is 0 Å². The maximum Gasteiger partial charge on any atom is 0.334 e. The van der Waals surface area contributed by atoms with Crippen LogP contribution in [0.5, 0.6) is 0 Å². The summed E-state index contributed by atoms with van der Waals surface area (Å²) >= 11 is 0. The number of cyclic esters (lactones) is 1. The van der Waals surface area contributed by atoms with Gasteiger partial charge in [0.15, 0.2) is 12.1 Å². The average molecular weight is 517 g/mol. The van der Waals surface area contributed by atoms with Gasteiger partial charge < -0.3 is 29.5 Å². The Kier molecular flexibility index (Phi) is 5.54. The molecule has 12 atom stereocenters. The van der Waals surface area contributed by atoms with Crippen LogP contribution in [-0.4, -0.2) is 70.0 Å². The number of carbonyl (C=O) groups is 2. The Balaban J connectivity index is 1.42. The van der Waals surface area contributed by atoms with Crippen LogP contribution in [-0.2, 0) is 23.8 Å². The molecule has 0 unspecified atom stereocenters. The number of aliphatic hydroxyl groups excluding tert-OH is 2. The fourth-order valence-corrected chi connectivity index (χ4v) is 9.88. The van der Waals surface area contributed by atoms with E-state index in [9.17, 15) is 24.9 Å². The molecule has 0 aromatic heterocycles. The summed E-state index contributed by atoms with van der Waals surface area (Å²) in [5, 5.41) is 34.6. The van der Waals surface area contributed by atoms with E-state index in [-0.39, 0.29) is 41.8 Å². The van der Waals surface area contributed by atoms with Crippen LogP contribution in [0.15, 0.2) is 23.3 Å². The summed E-state index contributed by atoms with van der Waals surface area (Å²) in [6.07, 6.45) is 3.19. The third-order valence-electron chi connectivity index (χ3n) is 12.0. The molecule has 6 rings (SSSR count). The van der Waals surface area contributed by atoms with E-state index in [1.807, 2.05) is 13.8 Å². The second-order valence-corrected chi connectivity index (χ2v) is 13.0. The Morgan fingerprint density at radius 1 is 1.14 bits per heavy atom. The number of hydrogen-bond acceptors (Lipinski definition) is 8. The highest BCUT2D eigenvalue weighted by Gasteiger charge is 2.77. The van der Waals surface area contributed by atoms with Crippen LogP contribution >= 0.6 is 0 Å². The Hall–Kier alpha value is -1.58. The molecule has 0 aromatic carbocycles. The first-order chi connectivity index (χ1) is 17.4. The molecule has 6 aliphatic rings. The van der Waals surface area contributed by atoms with E-state index < -0.39 is 46.6 Å². The van der Waals surface area contributed by atoms with E-state index in [0.717, 1.165) is 5.57 Å². The molecule has 0 amide bonds. The molecule has 0 aromatic rings. The van der Waals surface area contributed by atoms with E-state index in [1.165, 1.54) is 0 Å². The fraction of sp³-hybridized carbons (Fsp3) is 0.793. The molecular formula is C29H40O8. The maximum absolute atomic E-state index is 13.4. The third kappa shape index (κ3) is 2.91. The van der Waals surface area contributed by atoms with Gasteiger partial charge in [-0.2, -0.15) is 0 Å². The first-order valence-corrected chi connectivity index (χ1v) is 13.7. The SMILES string of the molecule is CO[C@H]1O[C@@](C)([C@H]2CC(C)=C(C)C(=O)O2)[C@H]2C[C@H](O)[C@H]3[C@@H]4C[C@@H](O)[C@@]5(O)CC=CC(=O)[C@]5(C)[C@H]4CC[C@@]132. The number of ether oxygens (including phenoxy) is 3. The van der Waals surface area contributed by atoms with Crippen molar-refractivity contribution >= 4 is 11.8 Å². The van der Waals surface area contributed by atoms with Crippen molar-refractivity contribution in [1.29, 1.82) is 0 Å². The van der Waals surface area contributed by atoms with Crippen molar-refractivity contribution in [3.05, 3.63) is 23.3 Å². The van der Waals surface area contributed by atoms with Crippen LogP contribution in [0.25, 0.3) is 0 Å². The van der Waals surface area contributed by atoms with Crippen molar-refractivity contribution in [3.8, 4) is 0 Å². The minimum absolute atomic E-state index is 0.136. The Bertz CT molecular complexity index is 1100. The number of ketones is 1. The monoisotopic (exact) mass is 516 g/mol. The highest BCUT2D eigenvalue weighted by molar-refractivity contribution is 5.97. The summed E-state index contributed by atoms with van der Waals surface area (Å²) in [5.41, 5.74) is -2.46. The molecule has 4 aliphatic carbocycles. The van der Waals surface area contributed by atoms with Crippen molar-refractivity contribution in [2.45, 2.75) is 102 Å². The molecule has 2 aliphatic heterocycles. The normalized spacial score (nSPS) is 54.9. The Labute approximate surface area is 218 Å². The van der Waals surface area contributed by atoms with Crippen LogP contribution < -0.4 is 0 Å². The number of esters is 1. The largest absolute Gasteiger partial charge is 0.456 e. The predicted octanol–water partition coefficient (Wildman–Crippen LogP) is 2.44.